The standard InChI is InChI=1S/C13H13FN2O2S/c14-10-2-1-7(12(15)17)3-9(10)13-4-8(13)5-18-6-11(19)16-13/h1-3,8H,4-6H2,(H2,15,17)(H,16,19)/t8-,13+/m1/s1. The average Bonchev–Trinajstić information content (AvgIpc) is 3.03. The Hall–Kier alpha value is -1.53. The van der Waals surface area contributed by atoms with Crippen molar-refractivity contribution in [3.05, 3.63) is 35.1 Å². The van der Waals surface area contributed by atoms with Crippen LogP contribution in [0.1, 0.15) is 22.3 Å². The van der Waals surface area contributed by atoms with E-state index in [1.807, 2.05) is 0 Å². The minimum Gasteiger partial charge on any atom is -0.374 e. The van der Waals surface area contributed by atoms with Gasteiger partial charge in [0.05, 0.1) is 18.8 Å². The zero-order valence-corrected chi connectivity index (χ0v) is 10.9. The summed E-state index contributed by atoms with van der Waals surface area (Å²) in [5, 5.41) is 3.17. The molecule has 1 amide bonds. The van der Waals surface area contributed by atoms with Crippen molar-refractivity contribution in [2.24, 2.45) is 11.7 Å². The van der Waals surface area contributed by atoms with Crippen molar-refractivity contribution in [1.82, 2.24) is 5.32 Å². The predicted octanol–water partition coefficient (Wildman–Crippen LogP) is 1.09. The molecule has 1 aliphatic heterocycles. The molecule has 19 heavy (non-hydrogen) atoms. The highest BCUT2D eigenvalue weighted by molar-refractivity contribution is 7.80. The van der Waals surface area contributed by atoms with Gasteiger partial charge in [-0.2, -0.15) is 0 Å². The molecular weight excluding hydrogens is 267 g/mol. The summed E-state index contributed by atoms with van der Waals surface area (Å²) in [6, 6.07) is 4.18. The topological polar surface area (TPSA) is 64.4 Å². The number of carbonyl (C=O) groups is 1. The molecule has 0 bridgehead atoms. The fraction of sp³-hybridized carbons (Fsp3) is 0.385. The Labute approximate surface area is 115 Å². The zero-order valence-electron chi connectivity index (χ0n) is 10.1. The number of carbonyl (C=O) groups excluding carboxylic acids is 1. The number of hydrogen-bond donors (Lipinski definition) is 2. The maximum absolute atomic E-state index is 14.1. The lowest BCUT2D eigenvalue weighted by atomic mass is 9.99. The predicted molar refractivity (Wildman–Crippen MR) is 71.3 cm³/mol. The number of nitrogens with two attached hydrogens (primary N) is 1. The molecule has 2 aliphatic rings. The van der Waals surface area contributed by atoms with Gasteiger partial charge < -0.3 is 15.8 Å². The van der Waals surface area contributed by atoms with E-state index in [1.54, 1.807) is 0 Å². The summed E-state index contributed by atoms with van der Waals surface area (Å²) in [6.45, 7) is 0.887. The molecule has 1 heterocycles. The van der Waals surface area contributed by atoms with Crippen LogP contribution in [0, 0.1) is 11.7 Å². The van der Waals surface area contributed by atoms with E-state index in [9.17, 15) is 9.18 Å². The lowest BCUT2D eigenvalue weighted by Crippen LogP contribution is -2.36. The molecule has 2 atom stereocenters. The fourth-order valence-electron chi connectivity index (χ4n) is 2.68. The highest BCUT2D eigenvalue weighted by Gasteiger charge is 2.58. The highest BCUT2D eigenvalue weighted by atomic mass is 32.1. The van der Waals surface area contributed by atoms with Crippen molar-refractivity contribution in [2.45, 2.75) is 12.0 Å². The van der Waals surface area contributed by atoms with Crippen LogP contribution in [-0.4, -0.2) is 24.1 Å². The molecule has 0 unspecified atom stereocenters. The summed E-state index contributed by atoms with van der Waals surface area (Å²) in [5.41, 5.74) is 5.45. The van der Waals surface area contributed by atoms with E-state index in [1.165, 1.54) is 18.2 Å². The van der Waals surface area contributed by atoms with Crippen molar-refractivity contribution in [3.8, 4) is 0 Å². The number of primary amides is 1. The first-order chi connectivity index (χ1) is 9.03. The van der Waals surface area contributed by atoms with Crippen LogP contribution in [0.15, 0.2) is 18.2 Å². The SMILES string of the molecule is NC(=O)c1ccc(F)c([C@]23C[C@@H]2COCC(=S)N3)c1. The number of thiocarbonyl (C=S) groups is 1. The maximum atomic E-state index is 14.1. The molecule has 1 saturated carbocycles. The molecule has 0 aromatic heterocycles. The van der Waals surface area contributed by atoms with Gasteiger partial charge in [0.25, 0.3) is 0 Å². The third-order valence-corrected chi connectivity index (χ3v) is 3.97. The molecule has 4 nitrogen and oxygen atoms in total. The lowest BCUT2D eigenvalue weighted by Gasteiger charge is -2.20. The van der Waals surface area contributed by atoms with Crippen molar-refractivity contribution in [3.63, 3.8) is 0 Å². The lowest BCUT2D eigenvalue weighted by molar-refractivity contribution is 0.1000. The number of hydrogen-bond acceptors (Lipinski definition) is 3. The quantitative estimate of drug-likeness (QED) is 0.796. The average molecular weight is 280 g/mol. The Morgan fingerprint density at radius 3 is 3.11 bits per heavy atom. The first-order valence-electron chi connectivity index (χ1n) is 6.01. The zero-order chi connectivity index (χ0) is 13.6. The van der Waals surface area contributed by atoms with Crippen molar-refractivity contribution in [2.75, 3.05) is 13.2 Å². The second kappa shape index (κ2) is 4.25. The first kappa shape index (κ1) is 12.5. The maximum Gasteiger partial charge on any atom is 0.248 e. The summed E-state index contributed by atoms with van der Waals surface area (Å²) >= 11 is 5.15. The largest absolute Gasteiger partial charge is 0.374 e. The van der Waals surface area contributed by atoms with Gasteiger partial charge in [-0.05, 0) is 24.6 Å². The molecule has 1 aromatic carbocycles. The van der Waals surface area contributed by atoms with Crippen LogP contribution in [-0.2, 0) is 10.3 Å². The van der Waals surface area contributed by atoms with E-state index >= 15 is 0 Å². The Morgan fingerprint density at radius 2 is 2.37 bits per heavy atom. The summed E-state index contributed by atoms with van der Waals surface area (Å²) < 4.78 is 19.5. The Bertz CT molecular complexity index is 578. The normalized spacial score (nSPS) is 29.1. The van der Waals surface area contributed by atoms with E-state index in [0.29, 0.717) is 29.3 Å². The molecule has 2 fully saturated rings. The van der Waals surface area contributed by atoms with Crippen LogP contribution in [0.3, 0.4) is 0 Å². The van der Waals surface area contributed by atoms with Crippen molar-refractivity contribution < 1.29 is 13.9 Å². The summed E-state index contributed by atoms with van der Waals surface area (Å²) in [4.78, 5) is 11.8. The number of rotatable bonds is 2. The smallest absolute Gasteiger partial charge is 0.248 e. The van der Waals surface area contributed by atoms with Crippen LogP contribution in [0.25, 0.3) is 0 Å². The summed E-state index contributed by atoms with van der Waals surface area (Å²) in [5.74, 6) is -0.752. The molecule has 3 N–H and O–H groups in total. The van der Waals surface area contributed by atoms with E-state index in [0.717, 1.165) is 6.42 Å². The second-order valence-electron chi connectivity index (χ2n) is 4.99. The molecule has 100 valence electrons. The number of nitrogens with one attached hydrogen (secondary N) is 1. The molecule has 6 heteroatoms. The highest BCUT2D eigenvalue weighted by Crippen LogP contribution is 2.53. The number of ether oxygens (including phenoxy) is 1. The molecule has 1 saturated heterocycles. The number of halogens is 1. The molecule has 1 aromatic rings. The van der Waals surface area contributed by atoms with Crippen LogP contribution in [0.4, 0.5) is 4.39 Å². The Kier molecular flexibility index (Phi) is 2.79. The number of amides is 1. The molecule has 0 spiro atoms. The fourth-order valence-corrected chi connectivity index (χ4v) is 2.95. The Morgan fingerprint density at radius 1 is 1.58 bits per heavy atom. The third kappa shape index (κ3) is 2.01. The van der Waals surface area contributed by atoms with Gasteiger partial charge in [0.15, 0.2) is 0 Å². The minimum atomic E-state index is -0.567. The van der Waals surface area contributed by atoms with Gasteiger partial charge in [0.2, 0.25) is 5.91 Å². The van der Waals surface area contributed by atoms with Crippen LogP contribution < -0.4 is 11.1 Å². The van der Waals surface area contributed by atoms with Crippen LogP contribution >= 0.6 is 12.2 Å². The monoisotopic (exact) mass is 280 g/mol. The van der Waals surface area contributed by atoms with Gasteiger partial charge in [-0.3, -0.25) is 4.79 Å². The first-order valence-corrected chi connectivity index (χ1v) is 6.42. The molecular formula is C13H13FN2O2S. The van der Waals surface area contributed by atoms with Crippen molar-refractivity contribution >= 4 is 23.1 Å². The van der Waals surface area contributed by atoms with E-state index in [-0.39, 0.29) is 11.7 Å². The minimum absolute atomic E-state index is 0.172. The van der Waals surface area contributed by atoms with Gasteiger partial charge in [-0.15, -0.1) is 0 Å². The van der Waals surface area contributed by atoms with Gasteiger partial charge in [-0.1, -0.05) is 12.2 Å². The van der Waals surface area contributed by atoms with Crippen LogP contribution in [0.5, 0.6) is 0 Å². The van der Waals surface area contributed by atoms with Crippen molar-refractivity contribution in [1.29, 1.82) is 0 Å². The molecule has 1 aliphatic carbocycles. The summed E-state index contributed by atoms with van der Waals surface area (Å²) in [6.07, 6.45) is 0.742. The summed E-state index contributed by atoms with van der Waals surface area (Å²) in [7, 11) is 0. The van der Waals surface area contributed by atoms with E-state index < -0.39 is 11.4 Å². The van der Waals surface area contributed by atoms with Gasteiger partial charge in [0.1, 0.15) is 10.8 Å². The van der Waals surface area contributed by atoms with Gasteiger partial charge in [-0.25, -0.2) is 4.39 Å². The molecule has 0 radical (unpaired) electrons. The number of fused-ring (bicyclic) bond motifs is 1. The van der Waals surface area contributed by atoms with Gasteiger partial charge in [0, 0.05) is 17.0 Å². The van der Waals surface area contributed by atoms with E-state index in [4.69, 9.17) is 22.7 Å². The van der Waals surface area contributed by atoms with Gasteiger partial charge >= 0.3 is 0 Å². The van der Waals surface area contributed by atoms with Crippen LogP contribution in [0.2, 0.25) is 0 Å². The number of benzene rings is 1. The molecule has 3 rings (SSSR count). The second-order valence-corrected chi connectivity index (χ2v) is 5.49. The van der Waals surface area contributed by atoms with E-state index in [2.05, 4.69) is 5.32 Å². The third-order valence-electron chi connectivity index (χ3n) is 3.75. The Balaban J connectivity index is 2.04.